The number of hydrogen-bond acceptors (Lipinski definition) is 4. The van der Waals surface area contributed by atoms with Gasteiger partial charge in [0.15, 0.2) is 5.11 Å². The van der Waals surface area contributed by atoms with Gasteiger partial charge in [0.05, 0.1) is 17.7 Å². The summed E-state index contributed by atoms with van der Waals surface area (Å²) in [5, 5.41) is 5.96. The van der Waals surface area contributed by atoms with Crippen molar-refractivity contribution >= 4 is 44.9 Å². The summed E-state index contributed by atoms with van der Waals surface area (Å²) in [6.07, 6.45) is 6.76. The predicted molar refractivity (Wildman–Crippen MR) is 134 cm³/mol. The molecule has 2 rings (SSSR count). The number of rotatable bonds is 12. The van der Waals surface area contributed by atoms with E-state index in [4.69, 9.17) is 21.7 Å². The highest BCUT2D eigenvalue weighted by atomic mass is 79.9. The normalized spacial score (nSPS) is 10.4. The molecule has 2 aromatic rings. The summed E-state index contributed by atoms with van der Waals surface area (Å²) in [6.45, 7) is 5.68. The van der Waals surface area contributed by atoms with Crippen LogP contribution in [0.5, 0.6) is 11.5 Å². The van der Waals surface area contributed by atoms with Gasteiger partial charge in [0.1, 0.15) is 11.5 Å². The molecule has 0 saturated heterocycles. The molecule has 0 aliphatic carbocycles. The molecule has 0 heterocycles. The number of nitrogens with one attached hydrogen (secondary N) is 2. The van der Waals surface area contributed by atoms with Gasteiger partial charge < -0.3 is 14.8 Å². The first kappa shape index (κ1) is 25.1. The lowest BCUT2D eigenvalue weighted by atomic mass is 10.2. The lowest BCUT2D eigenvalue weighted by Gasteiger charge is -2.12. The summed E-state index contributed by atoms with van der Waals surface area (Å²) in [5.74, 6) is 1.26. The number of thiocarbonyl (C=S) groups is 1. The molecule has 0 bridgehead atoms. The molecule has 31 heavy (non-hydrogen) atoms. The Morgan fingerprint density at radius 2 is 1.65 bits per heavy atom. The maximum atomic E-state index is 12.5. The number of carbonyl (C=O) groups is 1. The Balaban J connectivity index is 1.81. The van der Waals surface area contributed by atoms with Crippen LogP contribution in [0, 0.1) is 0 Å². The van der Waals surface area contributed by atoms with Gasteiger partial charge in [-0.1, -0.05) is 39.5 Å². The third-order valence-corrected chi connectivity index (χ3v) is 5.38. The molecule has 2 N–H and O–H groups in total. The van der Waals surface area contributed by atoms with Crippen LogP contribution >= 0.6 is 28.1 Å². The number of anilines is 1. The van der Waals surface area contributed by atoms with Gasteiger partial charge >= 0.3 is 0 Å². The molecular formula is C24H31BrN2O3S. The minimum absolute atomic E-state index is 0.234. The fourth-order valence-electron chi connectivity index (χ4n) is 2.78. The molecule has 0 unspecified atom stereocenters. The molecule has 2 aromatic carbocycles. The van der Waals surface area contributed by atoms with Crippen LogP contribution in [0.4, 0.5) is 5.69 Å². The van der Waals surface area contributed by atoms with Crippen LogP contribution < -0.4 is 20.1 Å². The largest absolute Gasteiger partial charge is 0.494 e. The third-order valence-electron chi connectivity index (χ3n) is 4.56. The van der Waals surface area contributed by atoms with Crippen LogP contribution in [0.1, 0.15) is 62.7 Å². The SMILES string of the molecule is CCCCCCOc1ccc(NC(=S)NC(=O)c2ccc(OCCCC)c(Br)c2)cc1. The number of ether oxygens (including phenoxy) is 2. The maximum Gasteiger partial charge on any atom is 0.257 e. The van der Waals surface area contributed by atoms with Gasteiger partial charge in [-0.25, -0.2) is 0 Å². The number of unbranched alkanes of at least 4 members (excludes halogenated alkanes) is 4. The smallest absolute Gasteiger partial charge is 0.257 e. The minimum atomic E-state index is -0.287. The first-order valence-electron chi connectivity index (χ1n) is 10.8. The first-order chi connectivity index (χ1) is 15.0. The van der Waals surface area contributed by atoms with Crippen LogP contribution in [0.25, 0.3) is 0 Å². The van der Waals surface area contributed by atoms with E-state index in [-0.39, 0.29) is 11.0 Å². The standard InChI is InChI=1S/C24H31BrN2O3S/c1-3-5-7-8-16-29-20-12-10-19(11-13-20)26-24(31)27-23(28)18-9-14-22(21(25)17-18)30-15-6-4-2/h9-14,17H,3-8,15-16H2,1-2H3,(H2,26,27,28,31). The number of hydrogen-bond donors (Lipinski definition) is 2. The average Bonchev–Trinajstić information content (AvgIpc) is 2.76. The molecule has 0 atom stereocenters. The van der Waals surface area contributed by atoms with Crippen molar-refractivity contribution in [2.24, 2.45) is 0 Å². The van der Waals surface area contributed by atoms with Crippen molar-refractivity contribution in [1.82, 2.24) is 5.32 Å². The van der Waals surface area contributed by atoms with E-state index in [0.717, 1.165) is 47.5 Å². The monoisotopic (exact) mass is 506 g/mol. The molecule has 0 saturated carbocycles. The summed E-state index contributed by atoms with van der Waals surface area (Å²) >= 11 is 8.73. The summed E-state index contributed by atoms with van der Waals surface area (Å²) < 4.78 is 12.2. The minimum Gasteiger partial charge on any atom is -0.494 e. The zero-order valence-electron chi connectivity index (χ0n) is 18.2. The van der Waals surface area contributed by atoms with Gasteiger partial charge in [0, 0.05) is 11.3 Å². The van der Waals surface area contributed by atoms with Crippen molar-refractivity contribution in [3.63, 3.8) is 0 Å². The molecule has 5 nitrogen and oxygen atoms in total. The lowest BCUT2D eigenvalue weighted by molar-refractivity contribution is 0.0977. The van der Waals surface area contributed by atoms with Gasteiger partial charge in [-0.15, -0.1) is 0 Å². The van der Waals surface area contributed by atoms with E-state index in [0.29, 0.717) is 12.2 Å². The van der Waals surface area contributed by atoms with Crippen LogP contribution in [0.15, 0.2) is 46.9 Å². The number of halogens is 1. The van der Waals surface area contributed by atoms with Crippen molar-refractivity contribution in [3.8, 4) is 11.5 Å². The van der Waals surface area contributed by atoms with Crippen molar-refractivity contribution in [1.29, 1.82) is 0 Å². The van der Waals surface area contributed by atoms with E-state index in [1.807, 2.05) is 24.3 Å². The fourth-order valence-corrected chi connectivity index (χ4v) is 3.48. The molecule has 0 radical (unpaired) electrons. The van der Waals surface area contributed by atoms with Gasteiger partial charge in [0.25, 0.3) is 5.91 Å². The summed E-state index contributed by atoms with van der Waals surface area (Å²) in [7, 11) is 0. The summed E-state index contributed by atoms with van der Waals surface area (Å²) in [4.78, 5) is 12.5. The zero-order chi connectivity index (χ0) is 22.5. The second-order valence-corrected chi connectivity index (χ2v) is 8.45. The van der Waals surface area contributed by atoms with Crippen molar-refractivity contribution in [2.75, 3.05) is 18.5 Å². The lowest BCUT2D eigenvalue weighted by Crippen LogP contribution is -2.34. The Bertz CT molecular complexity index is 843. The highest BCUT2D eigenvalue weighted by Crippen LogP contribution is 2.26. The Kier molecular flexibility index (Phi) is 11.4. The highest BCUT2D eigenvalue weighted by molar-refractivity contribution is 9.10. The number of carbonyl (C=O) groups excluding carboxylic acids is 1. The van der Waals surface area contributed by atoms with E-state index in [1.165, 1.54) is 19.3 Å². The van der Waals surface area contributed by atoms with Crippen molar-refractivity contribution in [2.45, 2.75) is 52.4 Å². The summed E-state index contributed by atoms with van der Waals surface area (Å²) in [6, 6.07) is 12.8. The van der Waals surface area contributed by atoms with Gasteiger partial charge in [-0.05, 0) is 83.5 Å². The molecule has 0 aromatic heterocycles. The van der Waals surface area contributed by atoms with E-state index < -0.39 is 0 Å². The second-order valence-electron chi connectivity index (χ2n) is 7.19. The van der Waals surface area contributed by atoms with Crippen LogP contribution in [-0.2, 0) is 0 Å². The molecule has 0 aliphatic heterocycles. The number of benzene rings is 2. The summed E-state index contributed by atoms with van der Waals surface area (Å²) in [5.41, 5.74) is 1.27. The van der Waals surface area contributed by atoms with Crippen molar-refractivity contribution in [3.05, 3.63) is 52.5 Å². The first-order valence-corrected chi connectivity index (χ1v) is 12.0. The predicted octanol–water partition coefficient (Wildman–Crippen LogP) is 6.71. The molecule has 0 aliphatic rings. The fraction of sp³-hybridized carbons (Fsp3) is 0.417. The maximum absolute atomic E-state index is 12.5. The average molecular weight is 507 g/mol. The Labute approximate surface area is 199 Å². The zero-order valence-corrected chi connectivity index (χ0v) is 20.6. The van der Waals surface area contributed by atoms with Crippen LogP contribution in [0.3, 0.4) is 0 Å². The van der Waals surface area contributed by atoms with Crippen LogP contribution in [-0.4, -0.2) is 24.2 Å². The molecule has 7 heteroatoms. The van der Waals surface area contributed by atoms with Crippen LogP contribution in [0.2, 0.25) is 0 Å². The van der Waals surface area contributed by atoms with Crippen molar-refractivity contribution < 1.29 is 14.3 Å². The quantitative estimate of drug-likeness (QED) is 0.247. The topological polar surface area (TPSA) is 59.6 Å². The van der Waals surface area contributed by atoms with E-state index in [1.54, 1.807) is 18.2 Å². The molecule has 0 spiro atoms. The van der Waals surface area contributed by atoms with E-state index in [2.05, 4.69) is 40.4 Å². The second kappa shape index (κ2) is 14.0. The van der Waals surface area contributed by atoms with Gasteiger partial charge in [-0.2, -0.15) is 0 Å². The Hall–Kier alpha value is -2.12. The van der Waals surface area contributed by atoms with E-state index in [9.17, 15) is 4.79 Å². The third kappa shape index (κ3) is 9.27. The molecular weight excluding hydrogens is 476 g/mol. The van der Waals surface area contributed by atoms with E-state index >= 15 is 0 Å². The molecule has 168 valence electrons. The molecule has 1 amide bonds. The van der Waals surface area contributed by atoms with Gasteiger partial charge in [-0.3, -0.25) is 10.1 Å². The number of amides is 1. The molecule has 0 fully saturated rings. The highest BCUT2D eigenvalue weighted by Gasteiger charge is 2.11. The Morgan fingerprint density at radius 3 is 2.32 bits per heavy atom. The Morgan fingerprint density at radius 1 is 0.935 bits per heavy atom. The van der Waals surface area contributed by atoms with Gasteiger partial charge in [0.2, 0.25) is 0 Å².